The van der Waals surface area contributed by atoms with Crippen LogP contribution < -0.4 is 16.5 Å². The molecule has 2 amide bonds. The maximum absolute atomic E-state index is 12.9. The first-order chi connectivity index (χ1) is 20.4. The Hall–Kier alpha value is -3.67. The van der Waals surface area contributed by atoms with Crippen molar-refractivity contribution in [1.29, 1.82) is 0 Å². The van der Waals surface area contributed by atoms with Gasteiger partial charge in [-0.05, 0) is 17.5 Å². The second-order valence-corrected chi connectivity index (χ2v) is 10.4. The van der Waals surface area contributed by atoms with E-state index >= 15 is 0 Å². The molecule has 2 rings (SSSR count). The van der Waals surface area contributed by atoms with E-state index < -0.39 is 29.9 Å². The summed E-state index contributed by atoms with van der Waals surface area (Å²) in [4.78, 5) is 70.3. The van der Waals surface area contributed by atoms with Crippen LogP contribution in [0.4, 0.5) is 0 Å². The molecular weight excluding hydrogens is 566 g/mol. The number of nitrogens with zero attached hydrogens (tertiary/aromatic N) is 4. The van der Waals surface area contributed by atoms with Crippen LogP contribution in [0.1, 0.15) is 11.1 Å². The minimum absolute atomic E-state index is 0.0223. The van der Waals surface area contributed by atoms with Crippen molar-refractivity contribution in [3.8, 4) is 0 Å². The molecule has 1 aromatic carbocycles. The Bertz CT molecular complexity index is 1040. The molecule has 0 spiro atoms. The second-order valence-electron chi connectivity index (χ2n) is 10.4. The summed E-state index contributed by atoms with van der Waals surface area (Å²) in [7, 11) is 1.33. The van der Waals surface area contributed by atoms with Gasteiger partial charge in [0.2, 0.25) is 5.91 Å². The van der Waals surface area contributed by atoms with Crippen LogP contribution in [-0.4, -0.2) is 156 Å². The number of carbonyl (C=O) groups is 5. The van der Waals surface area contributed by atoms with Crippen LogP contribution in [-0.2, 0) is 41.8 Å². The van der Waals surface area contributed by atoms with E-state index in [1.54, 1.807) is 14.7 Å². The zero-order valence-corrected chi connectivity index (χ0v) is 24.4. The average Bonchev–Trinajstić information content (AvgIpc) is 2.93. The number of nitrogens with one attached hydrogen (secondary N) is 2. The van der Waals surface area contributed by atoms with Gasteiger partial charge in [-0.25, -0.2) is 5.48 Å². The summed E-state index contributed by atoms with van der Waals surface area (Å²) < 4.78 is 0. The smallest absolute Gasteiger partial charge is 0.317 e. The third-order valence-electron chi connectivity index (χ3n) is 6.88. The molecule has 1 atom stereocenters. The van der Waals surface area contributed by atoms with Gasteiger partial charge in [-0.2, -0.15) is 0 Å². The number of aliphatic carboxylic acids is 3. The fraction of sp³-hybridized carbons (Fsp3) is 0.593. The van der Waals surface area contributed by atoms with E-state index in [1.165, 1.54) is 7.11 Å². The quantitative estimate of drug-likeness (QED) is 0.119. The van der Waals surface area contributed by atoms with Crippen LogP contribution in [0.15, 0.2) is 24.3 Å². The van der Waals surface area contributed by atoms with E-state index in [-0.39, 0.29) is 38.6 Å². The van der Waals surface area contributed by atoms with Gasteiger partial charge in [-0.1, -0.05) is 24.3 Å². The fourth-order valence-corrected chi connectivity index (χ4v) is 4.56. The van der Waals surface area contributed by atoms with Gasteiger partial charge in [0.05, 0.1) is 39.3 Å². The van der Waals surface area contributed by atoms with Crippen molar-refractivity contribution in [2.45, 2.75) is 19.0 Å². The number of nitrogens with two attached hydrogens (primary N) is 1. The first-order valence-electron chi connectivity index (χ1n) is 13.9. The van der Waals surface area contributed by atoms with Gasteiger partial charge < -0.3 is 26.4 Å². The maximum Gasteiger partial charge on any atom is 0.317 e. The zero-order chi connectivity index (χ0) is 31.8. The summed E-state index contributed by atoms with van der Waals surface area (Å²) in [6, 6.07) is 6.53. The van der Waals surface area contributed by atoms with Crippen LogP contribution in [0.2, 0.25) is 0 Å². The number of amides is 2. The first-order valence-corrected chi connectivity index (χ1v) is 13.9. The molecule has 0 aromatic heterocycles. The molecular formula is C27H43N7O9. The van der Waals surface area contributed by atoms with Crippen LogP contribution in [0.25, 0.3) is 0 Å². The van der Waals surface area contributed by atoms with Gasteiger partial charge in [-0.3, -0.25) is 48.4 Å². The number of carboxylic acid groups (broad SMARTS) is 3. The second kappa shape index (κ2) is 18.8. The summed E-state index contributed by atoms with van der Waals surface area (Å²) in [5.74, 6) is -3.74. The highest BCUT2D eigenvalue weighted by Gasteiger charge is 2.21. The Morgan fingerprint density at radius 2 is 1.09 bits per heavy atom. The van der Waals surface area contributed by atoms with Gasteiger partial charge >= 0.3 is 17.9 Å². The lowest BCUT2D eigenvalue weighted by Gasteiger charge is -2.32. The summed E-state index contributed by atoms with van der Waals surface area (Å²) >= 11 is 0. The SMILES string of the molecule is CONC(=O)C(N)Cc1ccc(CNC(=O)CN2CCN(CC(=O)O)CCN(CC(=O)O)CCN(CC(=O)O)CC2)cc1. The lowest BCUT2D eigenvalue weighted by Crippen LogP contribution is -2.49. The minimum Gasteiger partial charge on any atom is -0.480 e. The van der Waals surface area contributed by atoms with Crippen molar-refractivity contribution in [3.05, 3.63) is 35.4 Å². The third kappa shape index (κ3) is 14.9. The van der Waals surface area contributed by atoms with Crippen molar-refractivity contribution in [3.63, 3.8) is 0 Å². The van der Waals surface area contributed by atoms with Gasteiger partial charge in [0.15, 0.2) is 0 Å². The Balaban J connectivity index is 2.01. The zero-order valence-electron chi connectivity index (χ0n) is 24.4. The molecule has 1 fully saturated rings. The Labute approximate surface area is 250 Å². The first kappa shape index (κ1) is 35.5. The molecule has 1 aromatic rings. The van der Waals surface area contributed by atoms with Crippen molar-refractivity contribution in [2.75, 3.05) is 85.6 Å². The Morgan fingerprint density at radius 1 is 0.721 bits per heavy atom. The number of hydrogen-bond acceptors (Lipinski definition) is 11. The number of carboxylic acids is 3. The lowest BCUT2D eigenvalue weighted by molar-refractivity contribution is -0.140. The summed E-state index contributed by atoms with van der Waals surface area (Å²) in [6.07, 6.45) is 0.312. The predicted octanol–water partition coefficient (Wildman–Crippen LogP) is -2.67. The fourth-order valence-electron chi connectivity index (χ4n) is 4.56. The molecule has 1 heterocycles. The molecule has 1 aliphatic heterocycles. The predicted molar refractivity (Wildman–Crippen MR) is 154 cm³/mol. The van der Waals surface area contributed by atoms with Gasteiger partial charge in [0.25, 0.3) is 5.91 Å². The van der Waals surface area contributed by atoms with E-state index in [9.17, 15) is 39.3 Å². The standard InChI is InChI=1S/C27H43N7O9/c1-43-30-27(42)22(28)14-20-2-4-21(5-3-20)15-29-23(35)16-31-6-8-32(17-24(36)37)10-12-34(19-26(40)41)13-11-33(9-7-31)18-25(38)39/h2-5,22H,6-19,28H2,1H3,(H,29,35)(H,30,42)(H,36,37)(H,38,39)(H,40,41). The molecule has 7 N–H and O–H groups in total. The van der Waals surface area contributed by atoms with E-state index in [4.69, 9.17) is 5.73 Å². The molecule has 16 heteroatoms. The maximum atomic E-state index is 12.9. The molecule has 16 nitrogen and oxygen atoms in total. The molecule has 0 aliphatic carbocycles. The normalized spacial score (nSPS) is 17.3. The molecule has 0 radical (unpaired) electrons. The number of hydrogen-bond donors (Lipinski definition) is 6. The van der Waals surface area contributed by atoms with E-state index in [0.717, 1.165) is 11.1 Å². The van der Waals surface area contributed by atoms with Crippen LogP contribution in [0.3, 0.4) is 0 Å². The largest absolute Gasteiger partial charge is 0.480 e. The molecule has 1 saturated heterocycles. The molecule has 1 aliphatic rings. The summed E-state index contributed by atoms with van der Waals surface area (Å²) in [5, 5.41) is 30.9. The van der Waals surface area contributed by atoms with Gasteiger partial charge in [-0.15, -0.1) is 0 Å². The van der Waals surface area contributed by atoms with Crippen molar-refractivity contribution >= 4 is 29.7 Å². The number of benzene rings is 1. The lowest BCUT2D eigenvalue weighted by atomic mass is 10.0. The highest BCUT2D eigenvalue weighted by Crippen LogP contribution is 2.07. The molecule has 0 saturated carbocycles. The van der Waals surface area contributed by atoms with Crippen LogP contribution >= 0.6 is 0 Å². The summed E-state index contributed by atoms with van der Waals surface area (Å²) in [6.45, 7) is 2.14. The van der Waals surface area contributed by atoms with Gasteiger partial charge in [0.1, 0.15) is 0 Å². The van der Waals surface area contributed by atoms with Crippen LogP contribution in [0, 0.1) is 0 Å². The van der Waals surface area contributed by atoms with Crippen LogP contribution in [0.5, 0.6) is 0 Å². The topological polar surface area (TPSA) is 218 Å². The van der Waals surface area contributed by atoms with E-state index in [1.807, 2.05) is 29.2 Å². The summed E-state index contributed by atoms with van der Waals surface area (Å²) in [5.41, 5.74) is 9.74. The number of rotatable bonds is 14. The average molecular weight is 610 g/mol. The van der Waals surface area contributed by atoms with E-state index in [2.05, 4.69) is 15.6 Å². The molecule has 1 unspecified atom stereocenters. The minimum atomic E-state index is -1.02. The molecule has 0 bridgehead atoms. The third-order valence-corrected chi connectivity index (χ3v) is 6.88. The Kier molecular flexibility index (Phi) is 15.5. The molecule has 240 valence electrons. The van der Waals surface area contributed by atoms with Gasteiger partial charge in [0, 0.05) is 58.9 Å². The van der Waals surface area contributed by atoms with Crippen molar-refractivity contribution in [1.82, 2.24) is 30.4 Å². The number of hydroxylamine groups is 1. The highest BCUT2D eigenvalue weighted by molar-refractivity contribution is 5.80. The van der Waals surface area contributed by atoms with Crippen molar-refractivity contribution < 1.29 is 44.1 Å². The highest BCUT2D eigenvalue weighted by atomic mass is 16.6. The Morgan fingerprint density at radius 3 is 1.47 bits per heavy atom. The molecule has 43 heavy (non-hydrogen) atoms. The number of carbonyl (C=O) groups excluding carboxylic acids is 2. The monoisotopic (exact) mass is 609 g/mol. The van der Waals surface area contributed by atoms with E-state index in [0.29, 0.717) is 58.8 Å². The van der Waals surface area contributed by atoms with Crippen molar-refractivity contribution in [2.24, 2.45) is 5.73 Å².